The number of hydrogen-bond donors (Lipinski definition) is 0. The Morgan fingerprint density at radius 1 is 1.22 bits per heavy atom. The number of hydrogen-bond acceptors (Lipinski definition) is 5. The predicted octanol–water partition coefficient (Wildman–Crippen LogP) is 3.50. The molecule has 120 valence electrons. The van der Waals surface area contributed by atoms with E-state index in [4.69, 9.17) is 4.74 Å². The van der Waals surface area contributed by atoms with Gasteiger partial charge in [0.2, 0.25) is 0 Å². The minimum atomic E-state index is -0.407. The van der Waals surface area contributed by atoms with E-state index in [9.17, 15) is 4.79 Å². The first-order valence-electron chi connectivity index (χ1n) is 8.02. The van der Waals surface area contributed by atoms with Gasteiger partial charge >= 0.3 is 5.97 Å². The molecule has 0 N–H and O–H groups in total. The van der Waals surface area contributed by atoms with Gasteiger partial charge in [0.1, 0.15) is 11.1 Å². The van der Waals surface area contributed by atoms with E-state index >= 15 is 0 Å². The third kappa shape index (κ3) is 3.00. The molecule has 0 amide bonds. The predicted molar refractivity (Wildman–Crippen MR) is 87.3 cm³/mol. The van der Waals surface area contributed by atoms with Gasteiger partial charge in [0.05, 0.1) is 7.11 Å². The van der Waals surface area contributed by atoms with Crippen molar-refractivity contribution in [3.63, 3.8) is 0 Å². The van der Waals surface area contributed by atoms with Crippen molar-refractivity contribution in [2.24, 2.45) is 0 Å². The molecule has 1 atom stereocenters. The van der Waals surface area contributed by atoms with E-state index in [-0.39, 0.29) is 5.97 Å². The van der Waals surface area contributed by atoms with Crippen LogP contribution in [0.1, 0.15) is 54.3 Å². The molecule has 0 radical (unpaired) electrons. The van der Waals surface area contributed by atoms with Gasteiger partial charge < -0.3 is 9.30 Å². The second-order valence-electron chi connectivity index (χ2n) is 6.15. The lowest BCUT2D eigenvalue weighted by Gasteiger charge is -2.15. The smallest absolute Gasteiger partial charge is 0.323 e. The molecule has 1 heterocycles. The van der Waals surface area contributed by atoms with Crippen molar-refractivity contribution in [2.75, 3.05) is 7.11 Å². The van der Waals surface area contributed by atoms with Gasteiger partial charge in [-0.2, -0.15) is 0 Å². The summed E-state index contributed by atoms with van der Waals surface area (Å²) in [5.74, 6) is 1.41. The Morgan fingerprint density at radius 3 is 2.57 bits per heavy atom. The first kappa shape index (κ1) is 14.8. The summed E-state index contributed by atoms with van der Waals surface area (Å²) in [6.07, 6.45) is 4.77. The van der Waals surface area contributed by atoms with Gasteiger partial charge in [-0.3, -0.25) is 4.79 Å². The van der Waals surface area contributed by atoms with Crippen LogP contribution in [0.4, 0.5) is 0 Å². The minimum Gasteiger partial charge on any atom is -0.468 e. The van der Waals surface area contributed by atoms with Gasteiger partial charge in [0, 0.05) is 12.0 Å². The Kier molecular flexibility index (Phi) is 3.85. The molecule has 2 aromatic rings. The van der Waals surface area contributed by atoms with Crippen LogP contribution < -0.4 is 0 Å². The topological polar surface area (TPSA) is 57.0 Å². The number of benzene rings is 1. The summed E-state index contributed by atoms with van der Waals surface area (Å²) in [5.41, 5.74) is 0.933. The van der Waals surface area contributed by atoms with Crippen molar-refractivity contribution in [3.05, 3.63) is 41.7 Å². The highest BCUT2D eigenvalue weighted by molar-refractivity contribution is 8.00. The summed E-state index contributed by atoms with van der Waals surface area (Å²) in [5, 5.41) is 9.23. The van der Waals surface area contributed by atoms with Crippen LogP contribution in [0.25, 0.3) is 0 Å². The first-order valence-corrected chi connectivity index (χ1v) is 8.90. The van der Waals surface area contributed by atoms with Gasteiger partial charge in [-0.15, -0.1) is 10.2 Å². The van der Waals surface area contributed by atoms with Crippen molar-refractivity contribution in [1.82, 2.24) is 14.8 Å². The van der Waals surface area contributed by atoms with Crippen LogP contribution in [-0.4, -0.2) is 27.8 Å². The molecule has 0 bridgehead atoms. The summed E-state index contributed by atoms with van der Waals surface area (Å²) in [4.78, 5) is 12.3. The number of ether oxygens (including phenoxy) is 1. The summed E-state index contributed by atoms with van der Waals surface area (Å²) >= 11 is 1.45. The fourth-order valence-electron chi connectivity index (χ4n) is 2.76. The second kappa shape index (κ2) is 6.00. The van der Waals surface area contributed by atoms with Crippen LogP contribution in [-0.2, 0) is 9.53 Å². The van der Waals surface area contributed by atoms with Crippen LogP contribution in [0, 0.1) is 0 Å². The van der Waals surface area contributed by atoms with E-state index in [0.29, 0.717) is 12.0 Å². The fraction of sp³-hybridized carbons (Fsp3) is 0.471. The largest absolute Gasteiger partial charge is 0.468 e. The normalized spacial score (nSPS) is 18.7. The van der Waals surface area contributed by atoms with Gasteiger partial charge in [-0.1, -0.05) is 42.1 Å². The van der Waals surface area contributed by atoms with Crippen LogP contribution >= 0.6 is 11.8 Å². The van der Waals surface area contributed by atoms with E-state index in [1.807, 2.05) is 30.3 Å². The molecule has 6 heteroatoms. The van der Waals surface area contributed by atoms with E-state index in [2.05, 4.69) is 14.8 Å². The lowest BCUT2D eigenvalue weighted by atomic mass is 10.1. The average molecular weight is 329 g/mol. The molecule has 1 unspecified atom stereocenters. The molecule has 1 aromatic heterocycles. The molecule has 23 heavy (non-hydrogen) atoms. The Hall–Kier alpha value is -1.82. The Morgan fingerprint density at radius 2 is 1.96 bits per heavy atom. The second-order valence-corrected chi connectivity index (χ2v) is 7.22. The number of rotatable bonds is 6. The maximum absolute atomic E-state index is 12.3. The Balaban J connectivity index is 1.65. The van der Waals surface area contributed by atoms with Crippen molar-refractivity contribution in [3.8, 4) is 0 Å². The van der Waals surface area contributed by atoms with Gasteiger partial charge in [-0.05, 0) is 31.2 Å². The van der Waals surface area contributed by atoms with E-state index < -0.39 is 5.25 Å². The third-order valence-electron chi connectivity index (χ3n) is 4.29. The lowest BCUT2D eigenvalue weighted by molar-refractivity contribution is -0.140. The number of aromatic nitrogens is 3. The molecule has 2 saturated carbocycles. The average Bonchev–Trinajstić information content (AvgIpc) is 3.51. The van der Waals surface area contributed by atoms with E-state index in [1.54, 1.807) is 0 Å². The SMILES string of the molecule is COC(=O)C(Sc1nnc(C2CC2)n1C1CC1)c1ccccc1. The van der Waals surface area contributed by atoms with Gasteiger partial charge in [0.15, 0.2) is 5.16 Å². The number of methoxy groups -OCH3 is 1. The quantitative estimate of drug-likeness (QED) is 0.600. The van der Waals surface area contributed by atoms with Crippen molar-refractivity contribution >= 4 is 17.7 Å². The maximum atomic E-state index is 12.3. The van der Waals surface area contributed by atoms with Crippen molar-refractivity contribution in [2.45, 2.75) is 48.0 Å². The standard InChI is InChI=1S/C17H19N3O2S/c1-22-16(21)14(11-5-3-2-4-6-11)23-17-19-18-15(12-7-8-12)20(17)13-9-10-13/h2-6,12-14H,7-10H2,1H3. The molecular weight excluding hydrogens is 310 g/mol. The highest BCUT2D eigenvalue weighted by atomic mass is 32.2. The highest BCUT2D eigenvalue weighted by Crippen LogP contribution is 2.47. The molecule has 0 saturated heterocycles. The number of carbonyl (C=O) groups excluding carboxylic acids is 1. The zero-order valence-corrected chi connectivity index (χ0v) is 13.8. The number of esters is 1. The molecule has 0 aliphatic heterocycles. The van der Waals surface area contributed by atoms with Crippen molar-refractivity contribution in [1.29, 1.82) is 0 Å². The summed E-state index contributed by atoms with van der Waals surface area (Å²) < 4.78 is 7.27. The first-order chi connectivity index (χ1) is 11.3. The summed E-state index contributed by atoms with van der Waals surface area (Å²) in [6.45, 7) is 0. The van der Waals surface area contributed by atoms with Crippen LogP contribution in [0.15, 0.2) is 35.5 Å². The molecule has 2 aliphatic rings. The zero-order valence-electron chi connectivity index (χ0n) is 13.0. The third-order valence-corrected chi connectivity index (χ3v) is 5.48. The number of thioether (sulfide) groups is 1. The number of nitrogens with zero attached hydrogens (tertiary/aromatic N) is 3. The maximum Gasteiger partial charge on any atom is 0.323 e. The molecule has 0 spiro atoms. The van der Waals surface area contributed by atoms with Gasteiger partial charge in [-0.25, -0.2) is 0 Å². The molecule has 5 nitrogen and oxygen atoms in total. The Labute approximate surface area is 139 Å². The molecule has 2 fully saturated rings. The van der Waals surface area contributed by atoms with E-state index in [1.165, 1.54) is 44.6 Å². The molecule has 1 aromatic carbocycles. The lowest BCUT2D eigenvalue weighted by Crippen LogP contribution is -2.12. The zero-order chi connectivity index (χ0) is 15.8. The molecule has 2 aliphatic carbocycles. The van der Waals surface area contributed by atoms with Crippen LogP contribution in [0.3, 0.4) is 0 Å². The molecular formula is C17H19N3O2S. The van der Waals surface area contributed by atoms with Crippen LogP contribution in [0.5, 0.6) is 0 Å². The van der Waals surface area contributed by atoms with Crippen LogP contribution in [0.2, 0.25) is 0 Å². The highest BCUT2D eigenvalue weighted by Gasteiger charge is 2.37. The summed E-state index contributed by atoms with van der Waals surface area (Å²) in [6, 6.07) is 10.2. The van der Waals surface area contributed by atoms with Crippen molar-refractivity contribution < 1.29 is 9.53 Å². The molecule has 4 rings (SSSR count). The van der Waals surface area contributed by atoms with Gasteiger partial charge in [0.25, 0.3) is 0 Å². The monoisotopic (exact) mass is 329 g/mol. The fourth-order valence-corrected chi connectivity index (χ4v) is 3.90. The summed E-state index contributed by atoms with van der Waals surface area (Å²) in [7, 11) is 1.43. The number of carbonyl (C=O) groups is 1. The van der Waals surface area contributed by atoms with E-state index in [0.717, 1.165) is 16.5 Å². The Bertz CT molecular complexity index is 708. The minimum absolute atomic E-state index is 0.250.